The molecular weight excluding hydrogens is 257 g/mol. The zero-order valence-corrected chi connectivity index (χ0v) is 11.1. The van der Waals surface area contributed by atoms with E-state index in [4.69, 9.17) is 0 Å². The molecule has 0 saturated heterocycles. The molecule has 2 aliphatic rings. The SMILES string of the molecule is CC1CNC(=O)c2c1[nH]c1c2CCc2cncc(F)c2-1. The lowest BCUT2D eigenvalue weighted by molar-refractivity contribution is 0.0940. The molecule has 0 spiro atoms. The number of fused-ring (bicyclic) bond motifs is 5. The second-order valence-corrected chi connectivity index (χ2v) is 5.53. The van der Waals surface area contributed by atoms with Crippen LogP contribution in [0.1, 0.15) is 40.0 Å². The van der Waals surface area contributed by atoms with Crippen LogP contribution in [-0.4, -0.2) is 22.4 Å². The first kappa shape index (κ1) is 11.6. The second kappa shape index (κ2) is 3.91. The number of aromatic nitrogens is 2. The smallest absolute Gasteiger partial charge is 0.253 e. The maximum Gasteiger partial charge on any atom is 0.253 e. The van der Waals surface area contributed by atoms with E-state index < -0.39 is 0 Å². The summed E-state index contributed by atoms with van der Waals surface area (Å²) in [5.41, 5.74) is 4.85. The number of hydrogen-bond donors (Lipinski definition) is 2. The topological polar surface area (TPSA) is 57.8 Å². The van der Waals surface area contributed by atoms with E-state index in [-0.39, 0.29) is 17.6 Å². The summed E-state index contributed by atoms with van der Waals surface area (Å²) in [7, 11) is 0. The first-order chi connectivity index (χ1) is 9.66. The molecule has 3 heterocycles. The molecule has 0 bridgehead atoms. The fourth-order valence-electron chi connectivity index (χ4n) is 3.29. The molecule has 0 saturated carbocycles. The van der Waals surface area contributed by atoms with Gasteiger partial charge in [-0.05, 0) is 24.0 Å². The quantitative estimate of drug-likeness (QED) is 0.771. The lowest BCUT2D eigenvalue weighted by Crippen LogP contribution is -2.34. The van der Waals surface area contributed by atoms with E-state index in [1.54, 1.807) is 6.20 Å². The Balaban J connectivity index is 2.02. The highest BCUT2D eigenvalue weighted by molar-refractivity contribution is 6.00. The first-order valence-electron chi connectivity index (χ1n) is 6.82. The zero-order valence-electron chi connectivity index (χ0n) is 11.1. The molecule has 102 valence electrons. The number of rotatable bonds is 0. The summed E-state index contributed by atoms with van der Waals surface area (Å²) in [5.74, 6) is -0.148. The van der Waals surface area contributed by atoms with Gasteiger partial charge in [0.2, 0.25) is 0 Å². The van der Waals surface area contributed by atoms with Crippen LogP contribution in [0.3, 0.4) is 0 Å². The minimum absolute atomic E-state index is 0.0477. The molecule has 2 N–H and O–H groups in total. The van der Waals surface area contributed by atoms with Crippen molar-refractivity contribution in [2.24, 2.45) is 0 Å². The van der Waals surface area contributed by atoms with Gasteiger partial charge in [-0.2, -0.15) is 0 Å². The minimum atomic E-state index is -0.324. The largest absolute Gasteiger partial charge is 0.357 e. The van der Waals surface area contributed by atoms with Gasteiger partial charge in [0.05, 0.1) is 17.5 Å². The van der Waals surface area contributed by atoms with Crippen LogP contribution in [0, 0.1) is 5.82 Å². The van der Waals surface area contributed by atoms with Crippen LogP contribution >= 0.6 is 0 Å². The maximum absolute atomic E-state index is 14.1. The number of H-pyrrole nitrogens is 1. The summed E-state index contributed by atoms with van der Waals surface area (Å²) in [5, 5.41) is 2.90. The van der Waals surface area contributed by atoms with Crippen LogP contribution in [0.25, 0.3) is 11.3 Å². The molecule has 0 radical (unpaired) electrons. The zero-order chi connectivity index (χ0) is 13.9. The highest BCUT2D eigenvalue weighted by atomic mass is 19.1. The predicted octanol–water partition coefficient (Wildman–Crippen LogP) is 2.16. The Morgan fingerprint density at radius 3 is 3.00 bits per heavy atom. The Morgan fingerprint density at radius 1 is 1.30 bits per heavy atom. The number of aryl methyl sites for hydroxylation is 1. The van der Waals surface area contributed by atoms with Gasteiger partial charge in [0.25, 0.3) is 5.91 Å². The number of hydrogen-bond acceptors (Lipinski definition) is 2. The van der Waals surface area contributed by atoms with Crippen molar-refractivity contribution in [2.45, 2.75) is 25.7 Å². The van der Waals surface area contributed by atoms with Gasteiger partial charge in [0.1, 0.15) is 0 Å². The number of nitrogens with one attached hydrogen (secondary N) is 2. The number of amides is 1. The summed E-state index contributed by atoms with van der Waals surface area (Å²) >= 11 is 0. The van der Waals surface area contributed by atoms with Crippen LogP contribution in [0.15, 0.2) is 12.4 Å². The molecule has 4 nitrogen and oxygen atoms in total. The third kappa shape index (κ3) is 1.40. The number of halogens is 1. The van der Waals surface area contributed by atoms with Crippen LogP contribution < -0.4 is 5.32 Å². The maximum atomic E-state index is 14.1. The second-order valence-electron chi connectivity index (χ2n) is 5.53. The van der Waals surface area contributed by atoms with E-state index in [0.29, 0.717) is 12.1 Å². The standard InChI is InChI=1S/C15H14FN3O/c1-7-4-18-15(20)12-9-3-2-8-5-17-6-10(16)11(8)14(9)19-13(7)12/h5-7,19H,2-4H2,1H3,(H,18,20). The van der Waals surface area contributed by atoms with E-state index in [2.05, 4.69) is 22.2 Å². The van der Waals surface area contributed by atoms with Crippen molar-refractivity contribution in [3.63, 3.8) is 0 Å². The number of carbonyl (C=O) groups is 1. The fraction of sp³-hybridized carbons (Fsp3) is 0.333. The number of nitrogens with zero attached hydrogens (tertiary/aromatic N) is 1. The van der Waals surface area contributed by atoms with Crippen LogP contribution in [0.4, 0.5) is 4.39 Å². The van der Waals surface area contributed by atoms with Gasteiger partial charge in [-0.25, -0.2) is 4.39 Å². The normalized spacial score (nSPS) is 19.9. The summed E-state index contributed by atoms with van der Waals surface area (Å²) in [4.78, 5) is 19.3. The average Bonchev–Trinajstić information content (AvgIpc) is 2.83. The molecule has 0 fully saturated rings. The Kier molecular flexibility index (Phi) is 2.28. The van der Waals surface area contributed by atoms with Gasteiger partial charge >= 0.3 is 0 Å². The predicted molar refractivity (Wildman–Crippen MR) is 72.1 cm³/mol. The van der Waals surface area contributed by atoms with Crippen LogP contribution in [0.2, 0.25) is 0 Å². The summed E-state index contributed by atoms with van der Waals surface area (Å²) < 4.78 is 14.1. The van der Waals surface area contributed by atoms with Gasteiger partial charge in [-0.1, -0.05) is 6.92 Å². The molecule has 0 aromatic carbocycles. The van der Waals surface area contributed by atoms with Gasteiger partial charge in [0, 0.05) is 29.9 Å². The van der Waals surface area contributed by atoms with Crippen LogP contribution in [0.5, 0.6) is 0 Å². The van der Waals surface area contributed by atoms with Crippen molar-refractivity contribution in [2.75, 3.05) is 6.54 Å². The van der Waals surface area contributed by atoms with Crippen LogP contribution in [-0.2, 0) is 12.8 Å². The number of pyridine rings is 1. The van der Waals surface area contributed by atoms with Crippen molar-refractivity contribution in [1.82, 2.24) is 15.3 Å². The van der Waals surface area contributed by atoms with E-state index >= 15 is 0 Å². The van der Waals surface area contributed by atoms with Crippen molar-refractivity contribution < 1.29 is 9.18 Å². The first-order valence-corrected chi connectivity index (χ1v) is 6.82. The number of carbonyl (C=O) groups excluding carboxylic acids is 1. The van der Waals surface area contributed by atoms with Crippen molar-refractivity contribution in [3.8, 4) is 11.3 Å². The Hall–Kier alpha value is -2.17. The lowest BCUT2D eigenvalue weighted by atomic mass is 9.87. The molecule has 4 rings (SSSR count). The number of aromatic amines is 1. The molecule has 1 aliphatic carbocycles. The molecule has 5 heteroatoms. The van der Waals surface area contributed by atoms with Crippen molar-refractivity contribution in [3.05, 3.63) is 40.6 Å². The molecule has 1 amide bonds. The third-order valence-corrected chi connectivity index (χ3v) is 4.29. The molecule has 2 aromatic heterocycles. The minimum Gasteiger partial charge on any atom is -0.357 e. The molecule has 1 aliphatic heterocycles. The highest BCUT2D eigenvalue weighted by Gasteiger charge is 2.33. The van der Waals surface area contributed by atoms with E-state index in [9.17, 15) is 9.18 Å². The Morgan fingerprint density at radius 2 is 2.15 bits per heavy atom. The molecule has 20 heavy (non-hydrogen) atoms. The average molecular weight is 271 g/mol. The van der Waals surface area contributed by atoms with Gasteiger partial charge < -0.3 is 10.3 Å². The molecular formula is C15H14FN3O. The van der Waals surface area contributed by atoms with E-state index in [1.165, 1.54) is 6.20 Å². The van der Waals surface area contributed by atoms with Gasteiger partial charge in [-0.15, -0.1) is 0 Å². The third-order valence-electron chi connectivity index (χ3n) is 4.29. The van der Waals surface area contributed by atoms with Gasteiger partial charge in [0.15, 0.2) is 5.82 Å². The summed E-state index contributed by atoms with van der Waals surface area (Å²) in [6.07, 6.45) is 4.42. The van der Waals surface area contributed by atoms with Crippen molar-refractivity contribution in [1.29, 1.82) is 0 Å². The highest BCUT2D eigenvalue weighted by Crippen LogP contribution is 2.40. The molecule has 1 atom stereocenters. The van der Waals surface area contributed by atoms with E-state index in [0.717, 1.165) is 40.9 Å². The van der Waals surface area contributed by atoms with E-state index in [1.807, 2.05) is 0 Å². The monoisotopic (exact) mass is 271 g/mol. The molecule has 2 aromatic rings. The lowest BCUT2D eigenvalue weighted by Gasteiger charge is -2.20. The molecule has 1 unspecified atom stereocenters. The fourth-order valence-corrected chi connectivity index (χ4v) is 3.29. The Bertz CT molecular complexity index is 735. The van der Waals surface area contributed by atoms with Gasteiger partial charge in [-0.3, -0.25) is 9.78 Å². The summed E-state index contributed by atoms with van der Waals surface area (Å²) in [6, 6.07) is 0. The van der Waals surface area contributed by atoms with Crippen molar-refractivity contribution >= 4 is 5.91 Å². The summed E-state index contributed by atoms with van der Waals surface area (Å²) in [6.45, 7) is 2.68. The Labute approximate surface area is 115 Å².